The van der Waals surface area contributed by atoms with Crippen molar-refractivity contribution in [1.29, 1.82) is 0 Å². The molecule has 0 unspecified atom stereocenters. The summed E-state index contributed by atoms with van der Waals surface area (Å²) in [6, 6.07) is 3.94. The largest absolute Gasteiger partial charge is 0.361 e. The second-order valence-corrected chi connectivity index (χ2v) is 7.16. The maximum absolute atomic E-state index is 5.08. The summed E-state index contributed by atoms with van der Waals surface area (Å²) in [7, 11) is 0. The lowest BCUT2D eigenvalue weighted by molar-refractivity contribution is 0.327. The van der Waals surface area contributed by atoms with Gasteiger partial charge in [0.2, 0.25) is 0 Å². The molecule has 0 saturated heterocycles. The first kappa shape index (κ1) is 19.4. The van der Waals surface area contributed by atoms with Crippen molar-refractivity contribution in [2.75, 3.05) is 0 Å². The van der Waals surface area contributed by atoms with Crippen molar-refractivity contribution in [1.82, 2.24) is 10.3 Å². The van der Waals surface area contributed by atoms with Crippen molar-refractivity contribution in [2.45, 2.75) is 73.6 Å². The quantitative estimate of drug-likeness (QED) is 0.670. The summed E-state index contributed by atoms with van der Waals surface area (Å²) in [6.45, 7) is 16.5. The highest BCUT2D eigenvalue weighted by Gasteiger charge is 2.18. The van der Waals surface area contributed by atoms with Gasteiger partial charge in [-0.05, 0) is 13.8 Å². The van der Waals surface area contributed by atoms with Crippen molar-refractivity contribution >= 4 is 0 Å². The smallest absolute Gasteiger partial charge is 0.142 e. The van der Waals surface area contributed by atoms with Crippen molar-refractivity contribution < 1.29 is 9.05 Å². The van der Waals surface area contributed by atoms with Crippen molar-refractivity contribution in [3.05, 3.63) is 35.0 Å². The van der Waals surface area contributed by atoms with E-state index in [0.29, 0.717) is 0 Å². The molecule has 0 aliphatic heterocycles. The summed E-state index contributed by atoms with van der Waals surface area (Å²) in [5.41, 5.74) is 2.16. The zero-order valence-corrected chi connectivity index (χ0v) is 13.9. The molecule has 0 aromatic carbocycles. The number of rotatable bonds is 0. The third-order valence-electron chi connectivity index (χ3n) is 2.76. The van der Waals surface area contributed by atoms with Gasteiger partial charge < -0.3 is 9.05 Å². The van der Waals surface area contributed by atoms with Gasteiger partial charge in [-0.25, -0.2) is 0 Å². The van der Waals surface area contributed by atoms with Crippen LogP contribution in [0.3, 0.4) is 0 Å². The van der Waals surface area contributed by atoms with Crippen LogP contribution >= 0.6 is 0 Å². The number of nitrogens with zero attached hydrogens (tertiary/aromatic N) is 2. The molecule has 2 rings (SSSR count). The van der Waals surface area contributed by atoms with E-state index in [4.69, 9.17) is 9.05 Å². The Kier molecular flexibility index (Phi) is 6.40. The SMILES string of the molecule is C.Cc1cc(C(C)(C)C)no1.Cc1cc(C(C)(C)C)on1. The lowest BCUT2D eigenvalue weighted by Gasteiger charge is -2.12. The molecule has 0 radical (unpaired) electrons. The van der Waals surface area contributed by atoms with Crippen LogP contribution in [0.1, 0.15) is 71.9 Å². The van der Waals surface area contributed by atoms with Gasteiger partial charge in [-0.3, -0.25) is 0 Å². The maximum Gasteiger partial charge on any atom is 0.142 e. The Bertz CT molecular complexity index is 489. The molecule has 21 heavy (non-hydrogen) atoms. The van der Waals surface area contributed by atoms with E-state index in [9.17, 15) is 0 Å². The van der Waals surface area contributed by atoms with Gasteiger partial charge in [0.15, 0.2) is 0 Å². The molecule has 0 spiro atoms. The normalized spacial score (nSPS) is 11.4. The topological polar surface area (TPSA) is 52.1 Å². The summed E-state index contributed by atoms with van der Waals surface area (Å²) in [6.07, 6.45) is 0. The molecule has 0 amide bonds. The second kappa shape index (κ2) is 6.92. The molecule has 0 saturated carbocycles. The molecule has 4 nitrogen and oxygen atoms in total. The molecular formula is C17H30N2O2. The van der Waals surface area contributed by atoms with E-state index < -0.39 is 0 Å². The summed E-state index contributed by atoms with van der Waals surface area (Å²) in [5.74, 6) is 1.83. The van der Waals surface area contributed by atoms with Crippen LogP contribution in [0.4, 0.5) is 0 Å². The number of hydrogen-bond donors (Lipinski definition) is 0. The van der Waals surface area contributed by atoms with Crippen LogP contribution in [0.15, 0.2) is 21.2 Å². The highest BCUT2D eigenvalue weighted by Crippen LogP contribution is 2.22. The Hall–Kier alpha value is -1.58. The minimum Gasteiger partial charge on any atom is -0.361 e. The van der Waals surface area contributed by atoms with E-state index in [2.05, 4.69) is 51.9 Å². The fraction of sp³-hybridized carbons (Fsp3) is 0.647. The molecule has 0 aliphatic carbocycles. The molecule has 0 N–H and O–H groups in total. The number of hydrogen-bond acceptors (Lipinski definition) is 4. The van der Waals surface area contributed by atoms with Crippen LogP contribution in [-0.4, -0.2) is 10.3 Å². The van der Waals surface area contributed by atoms with Gasteiger partial charge >= 0.3 is 0 Å². The Morgan fingerprint density at radius 2 is 1.38 bits per heavy atom. The third-order valence-corrected chi connectivity index (χ3v) is 2.76. The van der Waals surface area contributed by atoms with E-state index in [1.54, 1.807) is 0 Å². The van der Waals surface area contributed by atoms with Gasteiger partial charge in [0.25, 0.3) is 0 Å². The molecule has 2 aromatic rings. The minimum absolute atomic E-state index is 0. The monoisotopic (exact) mass is 294 g/mol. The summed E-state index contributed by atoms with van der Waals surface area (Å²) in [4.78, 5) is 0. The van der Waals surface area contributed by atoms with Gasteiger partial charge in [-0.2, -0.15) is 0 Å². The molecular weight excluding hydrogens is 264 g/mol. The van der Waals surface area contributed by atoms with E-state index >= 15 is 0 Å². The summed E-state index contributed by atoms with van der Waals surface area (Å²) >= 11 is 0. The van der Waals surface area contributed by atoms with Gasteiger partial charge in [-0.1, -0.05) is 59.3 Å². The molecule has 0 bridgehead atoms. The Balaban J connectivity index is 0.000000364. The summed E-state index contributed by atoms with van der Waals surface area (Å²) in [5, 5.41) is 7.72. The first-order valence-corrected chi connectivity index (χ1v) is 6.88. The Morgan fingerprint density at radius 1 is 0.810 bits per heavy atom. The van der Waals surface area contributed by atoms with Gasteiger partial charge in [0.05, 0.1) is 11.4 Å². The zero-order chi connectivity index (χ0) is 15.6. The van der Waals surface area contributed by atoms with E-state index in [0.717, 1.165) is 22.9 Å². The van der Waals surface area contributed by atoms with Gasteiger partial charge in [0, 0.05) is 23.0 Å². The van der Waals surface area contributed by atoms with E-state index in [-0.39, 0.29) is 18.3 Å². The Labute approximate surface area is 128 Å². The fourth-order valence-electron chi connectivity index (χ4n) is 1.44. The third kappa shape index (κ3) is 6.15. The molecule has 0 aliphatic rings. The first-order chi connectivity index (χ1) is 9.00. The van der Waals surface area contributed by atoms with Crippen LogP contribution in [0.5, 0.6) is 0 Å². The number of aromatic nitrogens is 2. The zero-order valence-electron chi connectivity index (χ0n) is 13.9. The number of aryl methyl sites for hydroxylation is 2. The van der Waals surface area contributed by atoms with Gasteiger partial charge in [0.1, 0.15) is 11.5 Å². The minimum atomic E-state index is 0. The summed E-state index contributed by atoms with van der Waals surface area (Å²) < 4.78 is 10.0. The molecule has 2 heterocycles. The average Bonchev–Trinajstić information content (AvgIpc) is 2.85. The second-order valence-electron chi connectivity index (χ2n) is 7.16. The fourth-order valence-corrected chi connectivity index (χ4v) is 1.44. The lowest BCUT2D eigenvalue weighted by Crippen LogP contribution is -2.10. The van der Waals surface area contributed by atoms with Crippen LogP contribution in [0.25, 0.3) is 0 Å². The van der Waals surface area contributed by atoms with E-state index in [1.807, 2.05) is 26.0 Å². The van der Waals surface area contributed by atoms with Crippen LogP contribution in [-0.2, 0) is 10.8 Å². The highest BCUT2D eigenvalue weighted by atomic mass is 16.5. The van der Waals surface area contributed by atoms with Crippen LogP contribution < -0.4 is 0 Å². The lowest BCUT2D eigenvalue weighted by atomic mass is 9.92. The average molecular weight is 294 g/mol. The molecule has 0 fully saturated rings. The first-order valence-electron chi connectivity index (χ1n) is 6.88. The molecule has 4 heteroatoms. The molecule has 120 valence electrons. The van der Waals surface area contributed by atoms with Crippen molar-refractivity contribution in [3.8, 4) is 0 Å². The predicted molar refractivity (Wildman–Crippen MR) is 86.6 cm³/mol. The highest BCUT2D eigenvalue weighted by molar-refractivity contribution is 5.12. The van der Waals surface area contributed by atoms with Crippen molar-refractivity contribution in [3.63, 3.8) is 0 Å². The maximum atomic E-state index is 5.08. The van der Waals surface area contributed by atoms with Crippen LogP contribution in [0, 0.1) is 13.8 Å². The van der Waals surface area contributed by atoms with E-state index in [1.165, 1.54) is 0 Å². The van der Waals surface area contributed by atoms with Gasteiger partial charge in [-0.15, -0.1) is 0 Å². The standard InChI is InChI=1S/2C8H13NO.CH4/c1-6-5-7(9-10-6)8(2,3)4;1-6-5-7(10-9-6)8(2,3)4;/h2*5H,1-4H3;1H4. The van der Waals surface area contributed by atoms with Crippen molar-refractivity contribution in [2.24, 2.45) is 0 Å². The Morgan fingerprint density at radius 3 is 1.57 bits per heavy atom. The molecule has 2 aromatic heterocycles. The molecule has 0 atom stereocenters. The van der Waals surface area contributed by atoms with Crippen LogP contribution in [0.2, 0.25) is 0 Å². The predicted octanol–water partition coefficient (Wildman–Crippen LogP) is 5.20.